The third kappa shape index (κ3) is 14.4. The first-order valence-electron chi connectivity index (χ1n) is 19.7. The van der Waals surface area contributed by atoms with Crippen molar-refractivity contribution in [2.45, 2.75) is 94.0 Å². The molecule has 1 saturated heterocycles. The van der Waals surface area contributed by atoms with Gasteiger partial charge >= 0.3 is 0 Å². The van der Waals surface area contributed by atoms with Crippen LogP contribution in [0.5, 0.6) is 0 Å². The van der Waals surface area contributed by atoms with Gasteiger partial charge in [0.1, 0.15) is 36.3 Å². The first-order valence-corrected chi connectivity index (χ1v) is 19.7. The third-order valence-corrected chi connectivity index (χ3v) is 9.74. The highest BCUT2D eigenvalue weighted by Crippen LogP contribution is 2.12. The van der Waals surface area contributed by atoms with Crippen LogP contribution in [0.15, 0.2) is 91.0 Å². The standard InChI is InChI=1S/C42H57N9O6/c43-22-10-19-31-37(52)47-33(21-12-24-45)39(54)49-35(26-29-15-6-2-7-16-29)41(56)51-36(27-30-17-8-3-9-18-30)42(57)50-34(25-28-13-4-1-5-14-28)40(55)48-32(20-11-23-44)38(53)46-31/h1-9,13-18,31-36H,10-12,19-27,43-45H2,(H,46,53)(H,47,52)(H,48,55)(H,49,54)(H,50,57)(H,51,56)/t31-,32+,33+,34-,35-,36+/m0/s1. The van der Waals surface area contributed by atoms with Crippen molar-refractivity contribution in [1.29, 1.82) is 0 Å². The van der Waals surface area contributed by atoms with Crippen molar-refractivity contribution in [3.05, 3.63) is 108 Å². The molecular weight excluding hydrogens is 727 g/mol. The minimum Gasteiger partial charge on any atom is -0.343 e. The van der Waals surface area contributed by atoms with Gasteiger partial charge in [0, 0.05) is 19.3 Å². The van der Waals surface area contributed by atoms with Crippen molar-refractivity contribution in [1.82, 2.24) is 31.9 Å². The molecule has 15 heteroatoms. The van der Waals surface area contributed by atoms with Crippen LogP contribution in [0.25, 0.3) is 0 Å². The lowest BCUT2D eigenvalue weighted by Gasteiger charge is -2.29. The molecule has 306 valence electrons. The van der Waals surface area contributed by atoms with Crippen molar-refractivity contribution in [3.8, 4) is 0 Å². The number of amides is 6. The van der Waals surface area contributed by atoms with Gasteiger partial charge in [-0.05, 0) is 74.8 Å². The molecule has 3 aromatic rings. The summed E-state index contributed by atoms with van der Waals surface area (Å²) in [7, 11) is 0. The van der Waals surface area contributed by atoms with E-state index in [1.807, 2.05) is 66.7 Å². The van der Waals surface area contributed by atoms with E-state index in [9.17, 15) is 28.8 Å². The van der Waals surface area contributed by atoms with Gasteiger partial charge in [0.2, 0.25) is 35.4 Å². The van der Waals surface area contributed by atoms with Crippen LogP contribution in [0.4, 0.5) is 0 Å². The highest BCUT2D eigenvalue weighted by molar-refractivity contribution is 5.98. The first kappa shape index (κ1) is 44.1. The van der Waals surface area contributed by atoms with E-state index in [0.29, 0.717) is 19.3 Å². The molecule has 1 aliphatic heterocycles. The van der Waals surface area contributed by atoms with Crippen LogP contribution in [0.1, 0.15) is 55.2 Å². The van der Waals surface area contributed by atoms with Crippen LogP contribution in [-0.4, -0.2) is 91.3 Å². The lowest BCUT2D eigenvalue weighted by Crippen LogP contribution is -2.62. The fourth-order valence-electron chi connectivity index (χ4n) is 6.58. The lowest BCUT2D eigenvalue weighted by atomic mass is 10.00. The maximum Gasteiger partial charge on any atom is 0.243 e. The van der Waals surface area contributed by atoms with E-state index in [1.54, 1.807) is 24.3 Å². The van der Waals surface area contributed by atoms with E-state index < -0.39 is 71.7 Å². The second-order valence-corrected chi connectivity index (χ2v) is 14.2. The maximum absolute atomic E-state index is 14.3. The van der Waals surface area contributed by atoms with E-state index in [4.69, 9.17) is 17.2 Å². The number of rotatable bonds is 15. The van der Waals surface area contributed by atoms with Gasteiger partial charge in [0.25, 0.3) is 0 Å². The van der Waals surface area contributed by atoms with Gasteiger partial charge in [-0.1, -0.05) is 91.0 Å². The fraction of sp³-hybridized carbons (Fsp3) is 0.429. The molecule has 0 unspecified atom stereocenters. The van der Waals surface area contributed by atoms with Gasteiger partial charge in [-0.15, -0.1) is 0 Å². The minimum absolute atomic E-state index is 0.0605. The van der Waals surface area contributed by atoms with E-state index >= 15 is 0 Å². The Kier molecular flexibility index (Phi) is 18.1. The predicted molar refractivity (Wildman–Crippen MR) is 217 cm³/mol. The second kappa shape index (κ2) is 23.4. The summed E-state index contributed by atoms with van der Waals surface area (Å²) in [5, 5.41) is 16.9. The number of hydrogen-bond acceptors (Lipinski definition) is 9. The Morgan fingerprint density at radius 2 is 0.544 bits per heavy atom. The summed E-state index contributed by atoms with van der Waals surface area (Å²) in [6, 6.07) is 20.3. The molecule has 0 aliphatic carbocycles. The Labute approximate surface area is 334 Å². The van der Waals surface area contributed by atoms with Gasteiger partial charge in [0.15, 0.2) is 0 Å². The average Bonchev–Trinajstić information content (AvgIpc) is 3.22. The Balaban J connectivity index is 1.80. The molecule has 0 radical (unpaired) electrons. The predicted octanol–water partition coefficient (Wildman–Crippen LogP) is -0.146. The zero-order valence-electron chi connectivity index (χ0n) is 32.3. The van der Waals surface area contributed by atoms with E-state index in [-0.39, 0.29) is 58.2 Å². The summed E-state index contributed by atoms with van der Waals surface area (Å²) in [6.45, 7) is 0.683. The topological polar surface area (TPSA) is 253 Å². The van der Waals surface area contributed by atoms with E-state index in [2.05, 4.69) is 31.9 Å². The summed E-state index contributed by atoms with van der Waals surface area (Å²) >= 11 is 0. The molecule has 6 atom stereocenters. The highest BCUT2D eigenvalue weighted by atomic mass is 16.2. The van der Waals surface area contributed by atoms with Crippen LogP contribution >= 0.6 is 0 Å². The molecule has 4 rings (SSSR count). The number of nitrogens with two attached hydrogens (primary N) is 3. The summed E-state index contributed by atoms with van der Waals surface area (Å²) in [4.78, 5) is 84.7. The monoisotopic (exact) mass is 783 g/mol. The maximum atomic E-state index is 14.3. The van der Waals surface area contributed by atoms with E-state index in [1.165, 1.54) is 0 Å². The van der Waals surface area contributed by atoms with Gasteiger partial charge < -0.3 is 49.1 Å². The molecule has 3 aromatic carbocycles. The minimum atomic E-state index is -1.19. The van der Waals surface area contributed by atoms with Crippen molar-refractivity contribution in [2.75, 3.05) is 19.6 Å². The molecule has 1 heterocycles. The number of nitrogens with one attached hydrogen (secondary N) is 6. The molecular formula is C42H57N9O6. The molecule has 12 N–H and O–H groups in total. The van der Waals surface area contributed by atoms with Crippen LogP contribution < -0.4 is 49.1 Å². The molecule has 1 aliphatic rings. The summed E-state index contributed by atoms with van der Waals surface area (Å²) in [6.07, 6.45) is 1.71. The molecule has 0 aromatic heterocycles. The largest absolute Gasteiger partial charge is 0.343 e. The summed E-state index contributed by atoms with van der Waals surface area (Å²) < 4.78 is 0. The first-order chi connectivity index (χ1) is 27.6. The van der Waals surface area contributed by atoms with Crippen LogP contribution in [-0.2, 0) is 48.0 Å². The number of carbonyl (C=O) groups is 6. The molecule has 0 saturated carbocycles. The average molecular weight is 784 g/mol. The SMILES string of the molecule is NCCC[C@@H]1NC(=O)[C@@H](CCCN)NC(=O)[C@H](Cc2ccccc2)NC(=O)[C@@H](Cc2ccccc2)NC(=O)[C@H](Cc2ccccc2)NC(=O)[C@@H](CCCN)NC1=O. The van der Waals surface area contributed by atoms with Gasteiger partial charge in [-0.2, -0.15) is 0 Å². The van der Waals surface area contributed by atoms with Crippen LogP contribution in [0, 0.1) is 0 Å². The highest BCUT2D eigenvalue weighted by Gasteiger charge is 2.35. The van der Waals surface area contributed by atoms with Crippen molar-refractivity contribution in [3.63, 3.8) is 0 Å². The second-order valence-electron chi connectivity index (χ2n) is 14.2. The number of carbonyl (C=O) groups excluding carboxylic acids is 6. The summed E-state index contributed by atoms with van der Waals surface area (Å²) in [5.41, 5.74) is 19.6. The van der Waals surface area contributed by atoms with Gasteiger partial charge in [-0.25, -0.2) is 0 Å². The Morgan fingerprint density at radius 1 is 0.333 bits per heavy atom. The smallest absolute Gasteiger partial charge is 0.243 e. The zero-order chi connectivity index (χ0) is 41.0. The van der Waals surface area contributed by atoms with Crippen molar-refractivity contribution in [2.24, 2.45) is 17.2 Å². The van der Waals surface area contributed by atoms with Gasteiger partial charge in [-0.3, -0.25) is 28.8 Å². The summed E-state index contributed by atoms with van der Waals surface area (Å²) in [5.74, 6) is -3.85. The van der Waals surface area contributed by atoms with Gasteiger partial charge in [0.05, 0.1) is 0 Å². The van der Waals surface area contributed by atoms with E-state index in [0.717, 1.165) is 16.7 Å². The fourth-order valence-corrected chi connectivity index (χ4v) is 6.58. The van der Waals surface area contributed by atoms with Crippen LogP contribution in [0.3, 0.4) is 0 Å². The quantitative estimate of drug-likeness (QED) is 0.0993. The lowest BCUT2D eigenvalue weighted by molar-refractivity contribution is -0.136. The Hall–Kier alpha value is -5.64. The molecule has 1 fully saturated rings. The number of hydrogen-bond donors (Lipinski definition) is 9. The van der Waals surface area contributed by atoms with Crippen molar-refractivity contribution < 1.29 is 28.8 Å². The number of benzene rings is 3. The normalized spacial score (nSPS) is 22.8. The molecule has 57 heavy (non-hydrogen) atoms. The zero-order valence-corrected chi connectivity index (χ0v) is 32.3. The van der Waals surface area contributed by atoms with Crippen molar-refractivity contribution >= 4 is 35.4 Å². The van der Waals surface area contributed by atoms with Crippen LogP contribution in [0.2, 0.25) is 0 Å². The molecule has 0 bridgehead atoms. The Bertz CT molecular complexity index is 1700. The Morgan fingerprint density at radius 3 is 0.772 bits per heavy atom. The third-order valence-electron chi connectivity index (χ3n) is 9.74. The molecule has 6 amide bonds. The molecule has 15 nitrogen and oxygen atoms in total. The molecule has 0 spiro atoms.